The number of carboxylic acids is 1. The van der Waals surface area contributed by atoms with E-state index >= 15 is 0 Å². The zero-order valence-corrected chi connectivity index (χ0v) is 11.3. The molecule has 0 radical (unpaired) electrons. The van der Waals surface area contributed by atoms with Crippen molar-refractivity contribution in [1.82, 2.24) is 4.90 Å². The van der Waals surface area contributed by atoms with E-state index in [1.165, 1.54) is 16.2 Å². The number of carboxylic acid groups (broad SMARTS) is 1. The first-order chi connectivity index (χ1) is 7.41. The number of halogens is 1. The quantitative estimate of drug-likeness (QED) is 0.929. The van der Waals surface area contributed by atoms with Crippen molar-refractivity contribution < 1.29 is 14.7 Å². The zero-order chi connectivity index (χ0) is 12.3. The molecular formula is C10H12BrNO3S. The van der Waals surface area contributed by atoms with Crippen molar-refractivity contribution in [3.05, 3.63) is 20.8 Å². The molecule has 1 heterocycles. The lowest BCUT2D eigenvalue weighted by Crippen LogP contribution is -2.40. The van der Waals surface area contributed by atoms with Gasteiger partial charge in [-0.05, 0) is 41.9 Å². The van der Waals surface area contributed by atoms with E-state index in [0.717, 1.165) is 3.79 Å². The molecule has 0 atom stereocenters. The molecule has 1 aromatic heterocycles. The smallest absolute Gasteiger partial charge is 0.323 e. The molecule has 0 saturated carbocycles. The van der Waals surface area contributed by atoms with E-state index in [0.29, 0.717) is 4.88 Å². The molecule has 0 aliphatic carbocycles. The Kier molecular flexibility index (Phi) is 4.49. The van der Waals surface area contributed by atoms with Crippen LogP contribution < -0.4 is 0 Å². The average Bonchev–Trinajstić information content (AvgIpc) is 2.59. The van der Waals surface area contributed by atoms with E-state index < -0.39 is 5.97 Å². The van der Waals surface area contributed by atoms with Gasteiger partial charge in [0.25, 0.3) is 5.91 Å². The molecule has 88 valence electrons. The predicted molar refractivity (Wildman–Crippen MR) is 65.8 cm³/mol. The van der Waals surface area contributed by atoms with Gasteiger partial charge in [-0.15, -0.1) is 11.3 Å². The van der Waals surface area contributed by atoms with E-state index in [1.54, 1.807) is 26.0 Å². The molecule has 1 N–H and O–H groups in total. The van der Waals surface area contributed by atoms with E-state index in [9.17, 15) is 9.59 Å². The Balaban J connectivity index is 2.87. The lowest BCUT2D eigenvalue weighted by molar-refractivity contribution is -0.138. The molecule has 0 unspecified atom stereocenters. The Bertz CT molecular complexity index is 403. The third-order valence-electron chi connectivity index (χ3n) is 1.97. The Morgan fingerprint density at radius 3 is 2.50 bits per heavy atom. The van der Waals surface area contributed by atoms with Gasteiger partial charge in [-0.25, -0.2) is 0 Å². The Morgan fingerprint density at radius 1 is 1.50 bits per heavy atom. The van der Waals surface area contributed by atoms with Crippen molar-refractivity contribution in [3.8, 4) is 0 Å². The van der Waals surface area contributed by atoms with Gasteiger partial charge in [0.2, 0.25) is 0 Å². The van der Waals surface area contributed by atoms with Crippen molar-refractivity contribution in [3.63, 3.8) is 0 Å². The standard InChI is InChI=1S/C10H12BrNO3S/c1-6(2)12(5-9(13)14)10(15)7-3-4-8(11)16-7/h3-4,6H,5H2,1-2H3,(H,13,14). The summed E-state index contributed by atoms with van der Waals surface area (Å²) in [6.45, 7) is 3.32. The lowest BCUT2D eigenvalue weighted by Gasteiger charge is -2.24. The minimum absolute atomic E-state index is 0.135. The van der Waals surface area contributed by atoms with Gasteiger partial charge in [0.05, 0.1) is 8.66 Å². The molecule has 1 rings (SSSR count). The van der Waals surface area contributed by atoms with E-state index in [2.05, 4.69) is 15.9 Å². The van der Waals surface area contributed by atoms with Crippen LogP contribution in [0.15, 0.2) is 15.9 Å². The van der Waals surface area contributed by atoms with E-state index in [-0.39, 0.29) is 18.5 Å². The fourth-order valence-corrected chi connectivity index (χ4v) is 2.55. The minimum atomic E-state index is -1.00. The predicted octanol–water partition coefficient (Wildman–Crippen LogP) is 2.45. The second kappa shape index (κ2) is 5.45. The third-order valence-corrected chi connectivity index (χ3v) is 3.59. The highest BCUT2D eigenvalue weighted by molar-refractivity contribution is 9.11. The van der Waals surface area contributed by atoms with Gasteiger partial charge in [-0.2, -0.15) is 0 Å². The Hall–Kier alpha value is -0.880. The van der Waals surface area contributed by atoms with Crippen molar-refractivity contribution in [2.75, 3.05) is 6.54 Å². The van der Waals surface area contributed by atoms with Crippen molar-refractivity contribution in [2.24, 2.45) is 0 Å². The molecule has 0 aliphatic rings. The maximum Gasteiger partial charge on any atom is 0.323 e. The number of aliphatic carboxylic acids is 1. The molecule has 1 amide bonds. The second-order valence-electron chi connectivity index (χ2n) is 3.52. The van der Waals surface area contributed by atoms with Gasteiger partial charge in [0.1, 0.15) is 6.54 Å². The first-order valence-electron chi connectivity index (χ1n) is 4.70. The number of hydrogen-bond donors (Lipinski definition) is 1. The average molecular weight is 306 g/mol. The first kappa shape index (κ1) is 13.2. The molecule has 1 aromatic rings. The zero-order valence-electron chi connectivity index (χ0n) is 8.94. The fourth-order valence-electron chi connectivity index (χ4n) is 1.21. The van der Waals surface area contributed by atoms with E-state index in [4.69, 9.17) is 5.11 Å². The van der Waals surface area contributed by atoms with Crippen LogP contribution in [0, 0.1) is 0 Å². The van der Waals surface area contributed by atoms with Crippen LogP contribution in [-0.4, -0.2) is 34.5 Å². The molecule has 6 heteroatoms. The summed E-state index contributed by atoms with van der Waals surface area (Å²) in [7, 11) is 0. The number of rotatable bonds is 4. The van der Waals surface area contributed by atoms with Crippen LogP contribution in [0.1, 0.15) is 23.5 Å². The van der Waals surface area contributed by atoms with Gasteiger partial charge in [0.15, 0.2) is 0 Å². The molecule has 0 saturated heterocycles. The maximum atomic E-state index is 12.0. The SMILES string of the molecule is CC(C)N(CC(=O)O)C(=O)c1ccc(Br)s1. The van der Waals surface area contributed by atoms with E-state index in [1.807, 2.05) is 0 Å². The number of amides is 1. The van der Waals surface area contributed by atoms with Gasteiger partial charge in [-0.3, -0.25) is 9.59 Å². The summed E-state index contributed by atoms with van der Waals surface area (Å²) in [6.07, 6.45) is 0. The monoisotopic (exact) mass is 305 g/mol. The number of carbonyl (C=O) groups excluding carboxylic acids is 1. The van der Waals surface area contributed by atoms with Gasteiger partial charge in [0, 0.05) is 6.04 Å². The fraction of sp³-hybridized carbons (Fsp3) is 0.400. The summed E-state index contributed by atoms with van der Waals surface area (Å²) in [5, 5.41) is 8.73. The van der Waals surface area contributed by atoms with Gasteiger partial charge in [-0.1, -0.05) is 0 Å². The van der Waals surface area contributed by atoms with Gasteiger partial charge < -0.3 is 10.0 Å². The normalized spacial score (nSPS) is 10.5. The molecule has 0 bridgehead atoms. The summed E-state index contributed by atoms with van der Waals surface area (Å²) >= 11 is 4.57. The van der Waals surface area contributed by atoms with Crippen LogP contribution in [0.4, 0.5) is 0 Å². The molecule has 0 aliphatic heterocycles. The number of thiophene rings is 1. The summed E-state index contributed by atoms with van der Waals surface area (Å²) < 4.78 is 0.856. The third kappa shape index (κ3) is 3.31. The Morgan fingerprint density at radius 2 is 2.12 bits per heavy atom. The molecular weight excluding hydrogens is 294 g/mol. The van der Waals surface area contributed by atoms with Crippen LogP contribution >= 0.6 is 27.3 Å². The number of carbonyl (C=O) groups is 2. The van der Waals surface area contributed by atoms with Crippen molar-refractivity contribution in [1.29, 1.82) is 0 Å². The molecule has 0 aromatic carbocycles. The topological polar surface area (TPSA) is 57.6 Å². The highest BCUT2D eigenvalue weighted by Gasteiger charge is 2.22. The van der Waals surface area contributed by atoms with Crippen LogP contribution in [0.5, 0.6) is 0 Å². The maximum absolute atomic E-state index is 12.0. The second-order valence-corrected chi connectivity index (χ2v) is 5.99. The van der Waals surface area contributed by atoms with Crippen LogP contribution in [-0.2, 0) is 4.79 Å². The Labute approximate surface area is 106 Å². The number of hydrogen-bond acceptors (Lipinski definition) is 3. The number of nitrogens with zero attached hydrogens (tertiary/aromatic N) is 1. The minimum Gasteiger partial charge on any atom is -0.480 e. The largest absolute Gasteiger partial charge is 0.480 e. The lowest BCUT2D eigenvalue weighted by atomic mass is 10.3. The van der Waals surface area contributed by atoms with Crippen LogP contribution in [0.3, 0.4) is 0 Å². The van der Waals surface area contributed by atoms with Crippen LogP contribution in [0.25, 0.3) is 0 Å². The summed E-state index contributed by atoms with van der Waals surface area (Å²) in [4.78, 5) is 24.5. The molecule has 16 heavy (non-hydrogen) atoms. The summed E-state index contributed by atoms with van der Waals surface area (Å²) in [5.74, 6) is -1.24. The summed E-state index contributed by atoms with van der Waals surface area (Å²) in [5.41, 5.74) is 0. The van der Waals surface area contributed by atoms with Crippen molar-refractivity contribution >= 4 is 39.1 Å². The molecule has 4 nitrogen and oxygen atoms in total. The molecule has 0 spiro atoms. The van der Waals surface area contributed by atoms with Gasteiger partial charge >= 0.3 is 5.97 Å². The highest BCUT2D eigenvalue weighted by Crippen LogP contribution is 2.23. The first-order valence-corrected chi connectivity index (χ1v) is 6.31. The summed E-state index contributed by atoms with van der Waals surface area (Å²) in [6, 6.07) is 3.33. The molecule has 0 fully saturated rings. The highest BCUT2D eigenvalue weighted by atomic mass is 79.9. The van der Waals surface area contributed by atoms with Crippen LogP contribution in [0.2, 0.25) is 0 Å². The van der Waals surface area contributed by atoms with Crippen molar-refractivity contribution in [2.45, 2.75) is 19.9 Å².